The summed E-state index contributed by atoms with van der Waals surface area (Å²) in [5.74, 6) is 0.0994. The van der Waals surface area contributed by atoms with E-state index in [1.54, 1.807) is 16.9 Å². The zero-order chi connectivity index (χ0) is 19.1. The van der Waals surface area contributed by atoms with Gasteiger partial charge in [0.15, 0.2) is 0 Å². The lowest BCUT2D eigenvalue weighted by molar-refractivity contribution is -0.135. The lowest BCUT2D eigenvalue weighted by atomic mass is 9.85. The van der Waals surface area contributed by atoms with Crippen molar-refractivity contribution in [2.75, 3.05) is 19.6 Å². The third-order valence-corrected chi connectivity index (χ3v) is 5.98. The lowest BCUT2D eigenvalue weighted by Crippen LogP contribution is -2.38. The number of rotatable bonds is 3. The molecule has 1 atom stereocenters. The first-order chi connectivity index (χ1) is 13.7. The molecule has 3 aromatic heterocycles. The molecule has 28 heavy (non-hydrogen) atoms. The van der Waals surface area contributed by atoms with Crippen molar-refractivity contribution in [3.63, 3.8) is 0 Å². The fourth-order valence-corrected chi connectivity index (χ4v) is 4.42. The highest BCUT2D eigenvalue weighted by molar-refractivity contribution is 6.01. The molecule has 2 amide bonds. The van der Waals surface area contributed by atoms with Crippen molar-refractivity contribution in [1.29, 1.82) is 0 Å². The van der Waals surface area contributed by atoms with Gasteiger partial charge in [0.2, 0.25) is 5.91 Å². The minimum absolute atomic E-state index is 0.0472. The second-order valence-corrected chi connectivity index (χ2v) is 7.64. The molecule has 1 spiro atoms. The molecule has 7 nitrogen and oxygen atoms in total. The Hall–Kier alpha value is -3.22. The Morgan fingerprint density at radius 1 is 1.11 bits per heavy atom. The van der Waals surface area contributed by atoms with E-state index in [1.807, 2.05) is 52.4 Å². The molecule has 3 aromatic rings. The maximum atomic E-state index is 13.1. The van der Waals surface area contributed by atoms with Gasteiger partial charge in [-0.3, -0.25) is 14.6 Å². The summed E-state index contributed by atoms with van der Waals surface area (Å²) < 4.78 is 1.70. The topological polar surface area (TPSA) is 70.8 Å². The molecule has 1 unspecified atom stereocenters. The van der Waals surface area contributed by atoms with Crippen molar-refractivity contribution in [1.82, 2.24) is 24.4 Å². The van der Waals surface area contributed by atoms with Gasteiger partial charge in [-0.1, -0.05) is 12.1 Å². The minimum Gasteiger partial charge on any atom is -0.337 e. The van der Waals surface area contributed by atoms with Gasteiger partial charge in [-0.25, -0.2) is 4.52 Å². The monoisotopic (exact) mass is 375 g/mol. The van der Waals surface area contributed by atoms with Crippen LogP contribution in [0, 0.1) is 5.41 Å². The van der Waals surface area contributed by atoms with E-state index in [0.29, 0.717) is 31.7 Å². The van der Waals surface area contributed by atoms with E-state index < -0.39 is 5.41 Å². The Balaban J connectivity index is 1.32. The van der Waals surface area contributed by atoms with E-state index >= 15 is 0 Å². The molecule has 0 aliphatic carbocycles. The predicted molar refractivity (Wildman–Crippen MR) is 102 cm³/mol. The van der Waals surface area contributed by atoms with E-state index in [0.717, 1.165) is 24.1 Å². The molecule has 5 heterocycles. The zero-order valence-electron chi connectivity index (χ0n) is 15.5. The van der Waals surface area contributed by atoms with Gasteiger partial charge < -0.3 is 9.80 Å². The summed E-state index contributed by atoms with van der Waals surface area (Å²) in [6.07, 6.45) is 6.70. The van der Waals surface area contributed by atoms with Crippen LogP contribution >= 0.6 is 0 Å². The van der Waals surface area contributed by atoms with Gasteiger partial charge in [-0.05, 0) is 37.1 Å². The quantitative estimate of drug-likeness (QED) is 0.702. The summed E-state index contributed by atoms with van der Waals surface area (Å²) in [5.41, 5.74) is 1.83. The Morgan fingerprint density at radius 3 is 2.82 bits per heavy atom. The Kier molecular flexibility index (Phi) is 3.89. The van der Waals surface area contributed by atoms with E-state index in [2.05, 4.69) is 10.1 Å². The van der Waals surface area contributed by atoms with Crippen molar-refractivity contribution >= 4 is 17.3 Å². The van der Waals surface area contributed by atoms with E-state index in [1.165, 1.54) is 0 Å². The van der Waals surface area contributed by atoms with Gasteiger partial charge >= 0.3 is 0 Å². The molecule has 2 fully saturated rings. The summed E-state index contributed by atoms with van der Waals surface area (Å²) in [7, 11) is 0. The second kappa shape index (κ2) is 6.44. The van der Waals surface area contributed by atoms with Crippen LogP contribution in [0.25, 0.3) is 5.52 Å². The molecule has 2 aliphatic rings. The highest BCUT2D eigenvalue weighted by atomic mass is 16.2. The Bertz CT molecular complexity index is 1050. The fourth-order valence-electron chi connectivity index (χ4n) is 4.42. The largest absolute Gasteiger partial charge is 0.337 e. The number of pyridine rings is 2. The van der Waals surface area contributed by atoms with Crippen LogP contribution in [-0.2, 0) is 11.3 Å². The molecule has 7 heteroatoms. The van der Waals surface area contributed by atoms with Crippen molar-refractivity contribution in [2.24, 2.45) is 5.41 Å². The van der Waals surface area contributed by atoms with Crippen LogP contribution in [-0.4, -0.2) is 55.8 Å². The Morgan fingerprint density at radius 2 is 1.96 bits per heavy atom. The van der Waals surface area contributed by atoms with Crippen molar-refractivity contribution in [3.8, 4) is 0 Å². The van der Waals surface area contributed by atoms with E-state index in [4.69, 9.17) is 0 Å². The summed E-state index contributed by atoms with van der Waals surface area (Å²) in [5, 5.41) is 4.26. The molecule has 0 bridgehead atoms. The average Bonchev–Trinajstić information content (AvgIpc) is 3.43. The summed E-state index contributed by atoms with van der Waals surface area (Å²) in [6.45, 7) is 2.33. The minimum atomic E-state index is -0.451. The third kappa shape index (κ3) is 2.66. The average molecular weight is 375 g/mol. The molecular formula is C21H21N5O2. The van der Waals surface area contributed by atoms with Gasteiger partial charge in [-0.2, -0.15) is 5.10 Å². The van der Waals surface area contributed by atoms with Gasteiger partial charge in [0, 0.05) is 32.0 Å². The van der Waals surface area contributed by atoms with Gasteiger partial charge in [0.25, 0.3) is 5.91 Å². The van der Waals surface area contributed by atoms with Crippen molar-refractivity contribution in [2.45, 2.75) is 19.4 Å². The lowest BCUT2D eigenvalue weighted by Gasteiger charge is -2.23. The van der Waals surface area contributed by atoms with Gasteiger partial charge in [-0.15, -0.1) is 0 Å². The summed E-state index contributed by atoms with van der Waals surface area (Å²) in [4.78, 5) is 34.2. The fraction of sp³-hybridized carbons (Fsp3) is 0.333. The van der Waals surface area contributed by atoms with Crippen LogP contribution in [0.5, 0.6) is 0 Å². The molecule has 2 aliphatic heterocycles. The molecule has 5 rings (SSSR count). The number of hydrogen-bond acceptors (Lipinski definition) is 4. The third-order valence-electron chi connectivity index (χ3n) is 5.98. The SMILES string of the molecule is O=C(c1cnn2ccccc12)N1CCC2(CCN(Cc3ccccn3)C2=O)C1. The van der Waals surface area contributed by atoms with Gasteiger partial charge in [0.1, 0.15) is 0 Å². The van der Waals surface area contributed by atoms with Crippen LogP contribution in [0.4, 0.5) is 0 Å². The smallest absolute Gasteiger partial charge is 0.257 e. The van der Waals surface area contributed by atoms with E-state index in [-0.39, 0.29) is 11.8 Å². The Labute approximate surface area is 162 Å². The van der Waals surface area contributed by atoms with Gasteiger partial charge in [0.05, 0.1) is 34.9 Å². The molecular weight excluding hydrogens is 354 g/mol. The maximum absolute atomic E-state index is 13.1. The van der Waals surface area contributed by atoms with Crippen LogP contribution < -0.4 is 0 Å². The first kappa shape index (κ1) is 16.9. The number of nitrogens with zero attached hydrogens (tertiary/aromatic N) is 5. The number of carbonyl (C=O) groups is 2. The first-order valence-corrected chi connectivity index (χ1v) is 9.57. The number of amides is 2. The molecule has 0 radical (unpaired) electrons. The van der Waals surface area contributed by atoms with E-state index in [9.17, 15) is 9.59 Å². The highest BCUT2D eigenvalue weighted by Gasteiger charge is 2.51. The number of hydrogen-bond donors (Lipinski definition) is 0. The zero-order valence-corrected chi connectivity index (χ0v) is 15.5. The maximum Gasteiger partial charge on any atom is 0.257 e. The number of likely N-dealkylation sites (tertiary alicyclic amines) is 2. The number of carbonyl (C=O) groups excluding carboxylic acids is 2. The van der Waals surface area contributed by atoms with Crippen LogP contribution in [0.3, 0.4) is 0 Å². The molecule has 0 saturated carbocycles. The molecule has 0 N–H and O–H groups in total. The number of fused-ring (bicyclic) bond motifs is 1. The second-order valence-electron chi connectivity index (χ2n) is 7.64. The number of aromatic nitrogens is 3. The molecule has 142 valence electrons. The molecule has 2 saturated heterocycles. The van der Waals surface area contributed by atoms with Crippen LogP contribution in [0.15, 0.2) is 55.0 Å². The van der Waals surface area contributed by atoms with Crippen molar-refractivity contribution < 1.29 is 9.59 Å². The summed E-state index contributed by atoms with van der Waals surface area (Å²) >= 11 is 0. The first-order valence-electron chi connectivity index (χ1n) is 9.57. The standard InChI is InChI=1S/C21H21N5O2/c27-19(17-13-23-26-10-4-2-6-18(17)26)25-12-8-21(15-25)7-11-24(20(21)28)14-16-5-1-3-9-22-16/h1-6,9-10,13H,7-8,11-12,14-15H2. The normalized spacial score (nSPS) is 21.9. The molecule has 0 aromatic carbocycles. The summed E-state index contributed by atoms with van der Waals surface area (Å²) in [6, 6.07) is 11.4. The van der Waals surface area contributed by atoms with Crippen molar-refractivity contribution in [3.05, 3.63) is 66.2 Å². The van der Waals surface area contributed by atoms with Crippen LogP contribution in [0.1, 0.15) is 28.9 Å². The predicted octanol–water partition coefficient (Wildman–Crippen LogP) is 1.99. The highest BCUT2D eigenvalue weighted by Crippen LogP contribution is 2.41. The van der Waals surface area contributed by atoms with Crippen LogP contribution in [0.2, 0.25) is 0 Å².